The van der Waals surface area contributed by atoms with E-state index in [9.17, 15) is 4.39 Å². The molecule has 19 heavy (non-hydrogen) atoms. The lowest BCUT2D eigenvalue weighted by Gasteiger charge is -2.06. The van der Waals surface area contributed by atoms with Crippen LogP contribution < -0.4 is 5.32 Å². The molecule has 5 nitrogen and oxygen atoms in total. The topological polar surface area (TPSA) is 63.0 Å². The molecule has 1 heterocycles. The van der Waals surface area contributed by atoms with Gasteiger partial charge in [0.05, 0.1) is 23.5 Å². The molecule has 0 unspecified atom stereocenters. The van der Waals surface area contributed by atoms with E-state index in [0.29, 0.717) is 30.2 Å². The van der Waals surface area contributed by atoms with Gasteiger partial charge >= 0.3 is 0 Å². The van der Waals surface area contributed by atoms with Gasteiger partial charge in [0, 0.05) is 13.2 Å². The van der Waals surface area contributed by atoms with Gasteiger partial charge in [-0.1, -0.05) is 16.8 Å². The predicted octanol–water partition coefficient (Wildman–Crippen LogP) is 2.07. The smallest absolute Gasteiger partial charge is 0.124 e. The highest BCUT2D eigenvalue weighted by molar-refractivity contribution is 6.33. The molecule has 0 aliphatic carbocycles. The van der Waals surface area contributed by atoms with Gasteiger partial charge in [0.15, 0.2) is 0 Å². The normalized spacial score (nSPS) is 10.7. The second kappa shape index (κ2) is 6.49. The van der Waals surface area contributed by atoms with Crippen molar-refractivity contribution in [2.45, 2.75) is 19.5 Å². The number of anilines is 1. The van der Waals surface area contributed by atoms with Gasteiger partial charge < -0.3 is 10.4 Å². The average Bonchev–Trinajstić information content (AvgIpc) is 2.83. The van der Waals surface area contributed by atoms with E-state index >= 15 is 0 Å². The maximum Gasteiger partial charge on any atom is 0.124 e. The Hall–Kier alpha value is -1.66. The van der Waals surface area contributed by atoms with E-state index in [1.165, 1.54) is 12.1 Å². The lowest BCUT2D eigenvalue weighted by Crippen LogP contribution is -2.01. The Labute approximate surface area is 115 Å². The zero-order valence-corrected chi connectivity index (χ0v) is 10.9. The minimum absolute atomic E-state index is 0.124. The highest BCUT2D eigenvalue weighted by Gasteiger charge is 2.04. The number of nitrogens with one attached hydrogen (secondary N) is 1. The van der Waals surface area contributed by atoms with Crippen molar-refractivity contribution in [3.63, 3.8) is 0 Å². The Kier molecular flexibility index (Phi) is 4.70. The van der Waals surface area contributed by atoms with Gasteiger partial charge in [0.25, 0.3) is 0 Å². The minimum atomic E-state index is -0.370. The van der Waals surface area contributed by atoms with Crippen molar-refractivity contribution in [2.75, 3.05) is 11.9 Å². The molecule has 2 N–H and O–H groups in total. The summed E-state index contributed by atoms with van der Waals surface area (Å²) in [5.41, 5.74) is 1.39. The Morgan fingerprint density at radius 1 is 1.42 bits per heavy atom. The number of hydrogen-bond donors (Lipinski definition) is 2. The first-order chi connectivity index (χ1) is 9.19. The second-order valence-corrected chi connectivity index (χ2v) is 4.44. The quantitative estimate of drug-likeness (QED) is 0.852. The number of halogens is 2. The first-order valence-corrected chi connectivity index (χ1v) is 6.25. The lowest BCUT2D eigenvalue weighted by atomic mass is 10.3. The summed E-state index contributed by atoms with van der Waals surface area (Å²) in [7, 11) is 0. The van der Waals surface area contributed by atoms with Crippen LogP contribution >= 0.6 is 11.6 Å². The van der Waals surface area contributed by atoms with Gasteiger partial charge in [-0.05, 0) is 24.6 Å². The first-order valence-electron chi connectivity index (χ1n) is 5.88. The Morgan fingerprint density at radius 2 is 2.26 bits per heavy atom. The maximum absolute atomic E-state index is 12.9. The van der Waals surface area contributed by atoms with E-state index in [0.717, 1.165) is 5.69 Å². The molecule has 0 aliphatic heterocycles. The summed E-state index contributed by atoms with van der Waals surface area (Å²) in [6, 6.07) is 4.17. The molecule has 0 bridgehead atoms. The molecule has 0 atom stereocenters. The van der Waals surface area contributed by atoms with Crippen LogP contribution in [0.4, 0.5) is 10.1 Å². The van der Waals surface area contributed by atoms with Gasteiger partial charge in [-0.2, -0.15) is 0 Å². The zero-order valence-electron chi connectivity index (χ0n) is 10.2. The summed E-state index contributed by atoms with van der Waals surface area (Å²) in [5, 5.41) is 20.0. The van der Waals surface area contributed by atoms with Crippen molar-refractivity contribution in [3.8, 4) is 0 Å². The number of aliphatic hydroxyl groups excluding tert-OH is 1. The van der Waals surface area contributed by atoms with Crippen LogP contribution in [0.3, 0.4) is 0 Å². The fourth-order valence-corrected chi connectivity index (χ4v) is 1.81. The molecular weight excluding hydrogens is 271 g/mol. The largest absolute Gasteiger partial charge is 0.396 e. The molecule has 2 rings (SSSR count). The number of benzene rings is 1. The number of rotatable bonds is 6. The Balaban J connectivity index is 1.92. The van der Waals surface area contributed by atoms with Crippen LogP contribution in [0.2, 0.25) is 5.02 Å². The number of aliphatic hydroxyl groups is 1. The number of aryl methyl sites for hydroxylation is 1. The van der Waals surface area contributed by atoms with E-state index < -0.39 is 0 Å². The SMILES string of the molecule is OCCCn1cc(CNc2ccc(F)cc2Cl)nn1. The molecule has 1 aromatic carbocycles. The van der Waals surface area contributed by atoms with E-state index in [1.807, 2.05) is 0 Å². The van der Waals surface area contributed by atoms with Crippen molar-refractivity contribution < 1.29 is 9.50 Å². The van der Waals surface area contributed by atoms with Crippen LogP contribution in [0.1, 0.15) is 12.1 Å². The van der Waals surface area contributed by atoms with E-state index in [-0.39, 0.29) is 12.4 Å². The molecule has 0 saturated heterocycles. The molecule has 0 radical (unpaired) electrons. The van der Waals surface area contributed by atoms with Crippen LogP contribution in [0.25, 0.3) is 0 Å². The molecule has 0 fully saturated rings. The van der Waals surface area contributed by atoms with Crippen molar-refractivity contribution in [1.82, 2.24) is 15.0 Å². The fraction of sp³-hybridized carbons (Fsp3) is 0.333. The van der Waals surface area contributed by atoms with E-state index in [4.69, 9.17) is 16.7 Å². The molecule has 7 heteroatoms. The maximum atomic E-state index is 12.9. The van der Waals surface area contributed by atoms with E-state index in [1.54, 1.807) is 16.9 Å². The van der Waals surface area contributed by atoms with Gasteiger partial charge in [-0.3, -0.25) is 4.68 Å². The summed E-state index contributed by atoms with van der Waals surface area (Å²) in [4.78, 5) is 0. The molecule has 1 aromatic heterocycles. The minimum Gasteiger partial charge on any atom is -0.396 e. The molecule has 102 valence electrons. The van der Waals surface area contributed by atoms with Crippen molar-refractivity contribution in [1.29, 1.82) is 0 Å². The molecule has 0 saturated carbocycles. The Morgan fingerprint density at radius 3 is 3.00 bits per heavy atom. The van der Waals surface area contributed by atoms with Crippen molar-refractivity contribution in [2.24, 2.45) is 0 Å². The molecular formula is C12H14ClFN4O. The van der Waals surface area contributed by atoms with Crippen LogP contribution in [-0.4, -0.2) is 26.7 Å². The zero-order chi connectivity index (χ0) is 13.7. The van der Waals surface area contributed by atoms with Crippen molar-refractivity contribution >= 4 is 17.3 Å². The summed E-state index contributed by atoms with van der Waals surface area (Å²) >= 11 is 5.90. The fourth-order valence-electron chi connectivity index (χ4n) is 1.58. The summed E-state index contributed by atoms with van der Waals surface area (Å²) in [5.74, 6) is -0.370. The average molecular weight is 285 g/mol. The van der Waals surface area contributed by atoms with Crippen LogP contribution in [0.15, 0.2) is 24.4 Å². The van der Waals surface area contributed by atoms with Gasteiger partial charge in [0.1, 0.15) is 11.5 Å². The highest BCUT2D eigenvalue weighted by Crippen LogP contribution is 2.22. The number of nitrogens with zero attached hydrogens (tertiary/aromatic N) is 3. The molecule has 0 spiro atoms. The lowest BCUT2D eigenvalue weighted by molar-refractivity contribution is 0.276. The monoisotopic (exact) mass is 284 g/mol. The van der Waals surface area contributed by atoms with Gasteiger partial charge in [-0.25, -0.2) is 4.39 Å². The number of hydrogen-bond acceptors (Lipinski definition) is 4. The van der Waals surface area contributed by atoms with Crippen molar-refractivity contribution in [3.05, 3.63) is 40.9 Å². The highest BCUT2D eigenvalue weighted by atomic mass is 35.5. The third-order valence-corrected chi connectivity index (χ3v) is 2.84. The van der Waals surface area contributed by atoms with Crippen LogP contribution in [-0.2, 0) is 13.1 Å². The third-order valence-electron chi connectivity index (χ3n) is 2.52. The molecule has 2 aromatic rings. The van der Waals surface area contributed by atoms with Crippen LogP contribution in [0.5, 0.6) is 0 Å². The summed E-state index contributed by atoms with van der Waals surface area (Å²) < 4.78 is 14.5. The standard InChI is InChI=1S/C12H14ClFN4O/c13-11-6-9(14)2-3-12(11)15-7-10-8-18(17-16-10)4-1-5-19/h2-3,6,8,15,19H,1,4-5,7H2. The first kappa shape index (κ1) is 13.8. The molecule has 0 aliphatic rings. The summed E-state index contributed by atoms with van der Waals surface area (Å²) in [6.45, 7) is 1.20. The molecule has 0 amide bonds. The second-order valence-electron chi connectivity index (χ2n) is 4.03. The third kappa shape index (κ3) is 3.90. The Bertz CT molecular complexity index is 546. The van der Waals surface area contributed by atoms with Gasteiger partial charge in [0.2, 0.25) is 0 Å². The predicted molar refractivity (Wildman–Crippen MR) is 70.5 cm³/mol. The van der Waals surface area contributed by atoms with Gasteiger partial charge in [-0.15, -0.1) is 5.10 Å². The number of aromatic nitrogens is 3. The summed E-state index contributed by atoms with van der Waals surface area (Å²) in [6.07, 6.45) is 2.43. The van der Waals surface area contributed by atoms with E-state index in [2.05, 4.69) is 15.6 Å². The van der Waals surface area contributed by atoms with Crippen LogP contribution in [0, 0.1) is 5.82 Å².